The van der Waals surface area contributed by atoms with Crippen LogP contribution in [0.25, 0.3) is 0 Å². The molecular formula is C24H25N3O4S. The van der Waals surface area contributed by atoms with Crippen LogP contribution in [-0.2, 0) is 22.7 Å². The number of pyridine rings is 1. The topological polar surface area (TPSA) is 72.0 Å². The largest absolute Gasteiger partial charge is 0.497 e. The fraction of sp³-hybridized carbons (Fsp3) is 0.292. The van der Waals surface area contributed by atoms with E-state index in [9.17, 15) is 9.59 Å². The van der Waals surface area contributed by atoms with Gasteiger partial charge in [0.15, 0.2) is 0 Å². The molecule has 7 nitrogen and oxygen atoms in total. The minimum absolute atomic E-state index is 0.0254. The van der Waals surface area contributed by atoms with E-state index in [2.05, 4.69) is 4.98 Å². The third kappa shape index (κ3) is 5.52. The van der Waals surface area contributed by atoms with E-state index in [4.69, 9.17) is 9.47 Å². The standard InChI is InChI=1S/C24H25N3O4S/c1-30-21-6-4-18(5-7-21)12-26-13-22(31-16-19-3-2-9-25-11-19)14-27(15-23(26)28)24(29)20-8-10-32-17-20/h2-11,17,22H,12-16H2,1H3/t22-/m1/s1. The van der Waals surface area contributed by atoms with Crippen LogP contribution in [0.5, 0.6) is 5.75 Å². The van der Waals surface area contributed by atoms with Crippen LogP contribution in [0, 0.1) is 0 Å². The fourth-order valence-electron chi connectivity index (χ4n) is 3.61. The van der Waals surface area contributed by atoms with Crippen molar-refractivity contribution < 1.29 is 19.1 Å². The van der Waals surface area contributed by atoms with Gasteiger partial charge in [-0.05, 0) is 40.8 Å². The second-order valence-corrected chi connectivity index (χ2v) is 8.39. The maximum atomic E-state index is 13.1. The second kappa shape index (κ2) is 10.4. The van der Waals surface area contributed by atoms with Crippen LogP contribution >= 0.6 is 11.3 Å². The van der Waals surface area contributed by atoms with Gasteiger partial charge in [-0.15, -0.1) is 0 Å². The Morgan fingerprint density at radius 1 is 1.16 bits per heavy atom. The third-order valence-electron chi connectivity index (χ3n) is 5.32. The van der Waals surface area contributed by atoms with Gasteiger partial charge in [0.05, 0.1) is 25.4 Å². The molecule has 0 unspecified atom stereocenters. The normalized spacial score (nSPS) is 16.7. The van der Waals surface area contributed by atoms with Crippen molar-refractivity contribution in [3.63, 3.8) is 0 Å². The van der Waals surface area contributed by atoms with Gasteiger partial charge in [0, 0.05) is 37.4 Å². The van der Waals surface area contributed by atoms with Crippen LogP contribution in [0.1, 0.15) is 21.5 Å². The average Bonchev–Trinajstić information content (AvgIpc) is 3.32. The smallest absolute Gasteiger partial charge is 0.255 e. The number of hydrogen-bond acceptors (Lipinski definition) is 6. The first kappa shape index (κ1) is 22.0. The molecular weight excluding hydrogens is 426 g/mol. The summed E-state index contributed by atoms with van der Waals surface area (Å²) in [6, 6.07) is 13.2. The summed E-state index contributed by atoms with van der Waals surface area (Å²) < 4.78 is 11.4. The van der Waals surface area contributed by atoms with E-state index in [-0.39, 0.29) is 24.5 Å². The lowest BCUT2D eigenvalue weighted by Gasteiger charge is -2.25. The van der Waals surface area contributed by atoms with Crippen molar-refractivity contribution in [2.45, 2.75) is 19.3 Å². The Labute approximate surface area is 191 Å². The van der Waals surface area contributed by atoms with Gasteiger partial charge in [0.25, 0.3) is 5.91 Å². The van der Waals surface area contributed by atoms with Crippen molar-refractivity contribution >= 4 is 23.2 Å². The fourth-order valence-corrected chi connectivity index (χ4v) is 4.24. The zero-order chi connectivity index (χ0) is 22.3. The summed E-state index contributed by atoms with van der Waals surface area (Å²) in [5.41, 5.74) is 2.53. The maximum absolute atomic E-state index is 13.1. The van der Waals surface area contributed by atoms with E-state index in [1.165, 1.54) is 11.3 Å². The lowest BCUT2D eigenvalue weighted by atomic mass is 10.2. The second-order valence-electron chi connectivity index (χ2n) is 7.61. The molecule has 1 aliphatic rings. The van der Waals surface area contributed by atoms with Crippen LogP contribution in [-0.4, -0.2) is 59.4 Å². The lowest BCUT2D eigenvalue weighted by molar-refractivity contribution is -0.132. The first-order valence-corrected chi connectivity index (χ1v) is 11.3. The molecule has 1 atom stereocenters. The molecule has 32 heavy (non-hydrogen) atoms. The molecule has 0 aliphatic carbocycles. The van der Waals surface area contributed by atoms with Gasteiger partial charge < -0.3 is 19.3 Å². The zero-order valence-electron chi connectivity index (χ0n) is 17.8. The number of carbonyl (C=O) groups excluding carboxylic acids is 2. The molecule has 1 aromatic carbocycles. The van der Waals surface area contributed by atoms with Crippen molar-refractivity contribution in [3.05, 3.63) is 82.3 Å². The summed E-state index contributed by atoms with van der Waals surface area (Å²) in [5, 5.41) is 3.66. The van der Waals surface area contributed by atoms with Gasteiger partial charge in [0.2, 0.25) is 5.91 Å². The van der Waals surface area contributed by atoms with Gasteiger partial charge in [0.1, 0.15) is 12.3 Å². The molecule has 0 N–H and O–H groups in total. The van der Waals surface area contributed by atoms with Crippen LogP contribution in [0.15, 0.2) is 65.6 Å². The molecule has 0 spiro atoms. The molecule has 2 aromatic heterocycles. The highest BCUT2D eigenvalue weighted by atomic mass is 32.1. The molecule has 3 aromatic rings. The van der Waals surface area contributed by atoms with Crippen molar-refractivity contribution in [2.24, 2.45) is 0 Å². The van der Waals surface area contributed by atoms with E-state index in [1.54, 1.807) is 40.7 Å². The van der Waals surface area contributed by atoms with E-state index in [0.717, 1.165) is 16.9 Å². The Bertz CT molecular complexity index is 1030. The molecule has 0 saturated carbocycles. The van der Waals surface area contributed by atoms with Crippen molar-refractivity contribution in [2.75, 3.05) is 26.7 Å². The Kier molecular flexibility index (Phi) is 7.14. The highest BCUT2D eigenvalue weighted by Gasteiger charge is 2.31. The van der Waals surface area contributed by atoms with E-state index < -0.39 is 0 Å². The predicted octanol–water partition coefficient (Wildman–Crippen LogP) is 3.22. The van der Waals surface area contributed by atoms with Gasteiger partial charge in [-0.3, -0.25) is 14.6 Å². The molecule has 1 fully saturated rings. The SMILES string of the molecule is COc1ccc(CN2C[C@@H](OCc3cccnc3)CN(C(=O)c3ccsc3)CC2=O)cc1. The monoisotopic (exact) mass is 451 g/mol. The van der Waals surface area contributed by atoms with Gasteiger partial charge >= 0.3 is 0 Å². The van der Waals surface area contributed by atoms with Crippen LogP contribution in [0.2, 0.25) is 0 Å². The molecule has 4 rings (SSSR count). The predicted molar refractivity (Wildman–Crippen MR) is 121 cm³/mol. The number of benzene rings is 1. The lowest BCUT2D eigenvalue weighted by Crippen LogP contribution is -2.39. The number of methoxy groups -OCH3 is 1. The highest BCUT2D eigenvalue weighted by molar-refractivity contribution is 7.08. The first-order chi connectivity index (χ1) is 15.6. The molecule has 166 valence electrons. The molecule has 0 radical (unpaired) electrons. The van der Waals surface area contributed by atoms with Crippen molar-refractivity contribution in [3.8, 4) is 5.75 Å². The summed E-state index contributed by atoms with van der Waals surface area (Å²) in [5.74, 6) is 0.513. The molecule has 3 heterocycles. The first-order valence-electron chi connectivity index (χ1n) is 10.3. The van der Waals surface area contributed by atoms with E-state index >= 15 is 0 Å². The number of aromatic nitrogens is 1. The Morgan fingerprint density at radius 3 is 2.69 bits per heavy atom. The number of carbonyl (C=O) groups is 2. The average molecular weight is 452 g/mol. The summed E-state index contributed by atoms with van der Waals surface area (Å²) in [6.45, 7) is 1.58. The molecule has 0 bridgehead atoms. The van der Waals surface area contributed by atoms with Gasteiger partial charge in [-0.25, -0.2) is 0 Å². The molecule has 2 amide bonds. The van der Waals surface area contributed by atoms with Crippen molar-refractivity contribution in [1.29, 1.82) is 0 Å². The van der Waals surface area contributed by atoms with E-state index in [0.29, 0.717) is 31.8 Å². The van der Waals surface area contributed by atoms with Gasteiger partial charge in [-0.2, -0.15) is 11.3 Å². The summed E-state index contributed by atoms with van der Waals surface area (Å²) >= 11 is 1.46. The number of hydrogen-bond donors (Lipinski definition) is 0. The minimum Gasteiger partial charge on any atom is -0.497 e. The zero-order valence-corrected chi connectivity index (χ0v) is 18.7. The maximum Gasteiger partial charge on any atom is 0.255 e. The van der Waals surface area contributed by atoms with Crippen LogP contribution < -0.4 is 4.74 Å². The Morgan fingerprint density at radius 2 is 2.00 bits per heavy atom. The van der Waals surface area contributed by atoms with Crippen LogP contribution in [0.4, 0.5) is 0 Å². The Hall–Kier alpha value is -3.23. The highest BCUT2D eigenvalue weighted by Crippen LogP contribution is 2.18. The number of nitrogens with zero attached hydrogens (tertiary/aromatic N) is 3. The molecule has 1 aliphatic heterocycles. The van der Waals surface area contributed by atoms with Gasteiger partial charge in [-0.1, -0.05) is 18.2 Å². The minimum atomic E-state index is -0.317. The Balaban J connectivity index is 1.51. The molecule has 1 saturated heterocycles. The number of thiophene rings is 1. The van der Waals surface area contributed by atoms with Crippen LogP contribution in [0.3, 0.4) is 0 Å². The summed E-state index contributed by atoms with van der Waals surface area (Å²) in [4.78, 5) is 33.6. The number of amides is 2. The van der Waals surface area contributed by atoms with Crippen molar-refractivity contribution in [1.82, 2.24) is 14.8 Å². The summed E-state index contributed by atoms with van der Waals surface area (Å²) in [7, 11) is 1.62. The third-order valence-corrected chi connectivity index (χ3v) is 6.01. The summed E-state index contributed by atoms with van der Waals surface area (Å²) in [6.07, 6.45) is 3.15. The quantitative estimate of drug-likeness (QED) is 0.552. The van der Waals surface area contributed by atoms with E-state index in [1.807, 2.05) is 41.8 Å². The number of ether oxygens (including phenoxy) is 2. The number of rotatable bonds is 7. The molecule has 8 heteroatoms.